The SMILES string of the molecule is C=CC[N+]1(CCP(=O)(O)O)C=NCC1. The van der Waals surface area contributed by atoms with Crippen LogP contribution in [-0.2, 0) is 4.57 Å². The monoisotopic (exact) mass is 219 g/mol. The van der Waals surface area contributed by atoms with Crippen LogP contribution in [-0.4, -0.2) is 52.9 Å². The van der Waals surface area contributed by atoms with Gasteiger partial charge in [0.1, 0.15) is 13.1 Å². The fraction of sp³-hybridized carbons (Fsp3) is 0.625. The van der Waals surface area contributed by atoms with Gasteiger partial charge in [0.2, 0.25) is 0 Å². The van der Waals surface area contributed by atoms with E-state index in [1.54, 1.807) is 12.4 Å². The second-order valence-corrected chi connectivity index (χ2v) is 5.32. The highest BCUT2D eigenvalue weighted by atomic mass is 31.2. The molecule has 0 amide bonds. The van der Waals surface area contributed by atoms with Crippen molar-refractivity contribution in [3.05, 3.63) is 12.7 Å². The quantitative estimate of drug-likeness (QED) is 0.394. The van der Waals surface area contributed by atoms with Gasteiger partial charge in [-0.2, -0.15) is 0 Å². The summed E-state index contributed by atoms with van der Waals surface area (Å²) in [4.78, 5) is 21.7. The van der Waals surface area contributed by atoms with Crippen molar-refractivity contribution < 1.29 is 18.8 Å². The summed E-state index contributed by atoms with van der Waals surface area (Å²) in [7, 11) is -3.90. The van der Waals surface area contributed by atoms with E-state index in [2.05, 4.69) is 11.6 Å². The van der Waals surface area contributed by atoms with Gasteiger partial charge < -0.3 is 9.79 Å². The van der Waals surface area contributed by atoms with Gasteiger partial charge in [0.15, 0.2) is 6.34 Å². The summed E-state index contributed by atoms with van der Waals surface area (Å²) < 4.78 is 11.3. The normalized spacial score (nSPS) is 26.7. The van der Waals surface area contributed by atoms with Crippen molar-refractivity contribution in [2.24, 2.45) is 4.99 Å². The average Bonchev–Trinajstić information content (AvgIpc) is 2.50. The Morgan fingerprint density at radius 3 is 2.79 bits per heavy atom. The van der Waals surface area contributed by atoms with Crippen LogP contribution in [0.5, 0.6) is 0 Å². The summed E-state index contributed by atoms with van der Waals surface area (Å²) >= 11 is 0. The molecule has 2 N–H and O–H groups in total. The molecule has 1 aliphatic rings. The maximum absolute atomic E-state index is 10.7. The predicted molar refractivity (Wildman–Crippen MR) is 55.3 cm³/mol. The maximum atomic E-state index is 10.7. The van der Waals surface area contributed by atoms with Gasteiger partial charge in [0, 0.05) is 0 Å². The van der Waals surface area contributed by atoms with Crippen molar-refractivity contribution in [2.45, 2.75) is 0 Å². The Labute approximate surface area is 83.5 Å². The Bertz CT molecular complexity index is 286. The van der Waals surface area contributed by atoms with Gasteiger partial charge in [-0.25, -0.2) is 4.99 Å². The summed E-state index contributed by atoms with van der Waals surface area (Å²) in [6, 6.07) is 0. The molecule has 0 aromatic carbocycles. The van der Waals surface area contributed by atoms with Crippen molar-refractivity contribution in [3.63, 3.8) is 0 Å². The van der Waals surface area contributed by atoms with Crippen LogP contribution < -0.4 is 0 Å². The molecule has 0 bridgehead atoms. The average molecular weight is 219 g/mol. The van der Waals surface area contributed by atoms with E-state index >= 15 is 0 Å². The zero-order chi connectivity index (χ0) is 10.7. The van der Waals surface area contributed by atoms with Gasteiger partial charge >= 0.3 is 7.60 Å². The van der Waals surface area contributed by atoms with Crippen molar-refractivity contribution in [1.82, 2.24) is 0 Å². The van der Waals surface area contributed by atoms with Crippen molar-refractivity contribution in [2.75, 3.05) is 32.3 Å². The van der Waals surface area contributed by atoms with E-state index in [1.165, 1.54) is 0 Å². The Morgan fingerprint density at radius 1 is 1.64 bits per heavy atom. The number of rotatable bonds is 5. The Balaban J connectivity index is 2.57. The number of quaternary nitrogens is 1. The third kappa shape index (κ3) is 3.35. The fourth-order valence-corrected chi connectivity index (χ4v) is 2.19. The van der Waals surface area contributed by atoms with E-state index in [4.69, 9.17) is 9.79 Å². The van der Waals surface area contributed by atoms with Crippen LogP contribution in [0.15, 0.2) is 17.6 Å². The third-order valence-electron chi connectivity index (χ3n) is 2.33. The molecule has 1 atom stereocenters. The first-order valence-corrected chi connectivity index (χ1v) is 6.29. The Kier molecular flexibility index (Phi) is 3.61. The van der Waals surface area contributed by atoms with E-state index in [-0.39, 0.29) is 6.16 Å². The van der Waals surface area contributed by atoms with E-state index in [1.807, 2.05) is 0 Å². The zero-order valence-electron chi connectivity index (χ0n) is 8.04. The summed E-state index contributed by atoms with van der Waals surface area (Å²) in [6.07, 6.45) is 3.45. The molecule has 14 heavy (non-hydrogen) atoms. The molecule has 80 valence electrons. The van der Waals surface area contributed by atoms with Gasteiger partial charge in [-0.3, -0.25) is 9.05 Å². The largest absolute Gasteiger partial charge is 0.331 e. The van der Waals surface area contributed by atoms with Crippen LogP contribution in [0.25, 0.3) is 0 Å². The minimum Gasteiger partial charge on any atom is -0.324 e. The standard InChI is InChI=1S/C8H15N2O3P/c1-2-4-10(5-3-9-8-10)6-7-14(11,12)13/h2,8H,1,3-7H2,(H-,11,12,13)/p+1. The molecule has 0 fully saturated rings. The molecule has 5 nitrogen and oxygen atoms in total. The Hall–Kier alpha value is -0.480. The zero-order valence-corrected chi connectivity index (χ0v) is 8.94. The van der Waals surface area contributed by atoms with Crippen molar-refractivity contribution >= 4 is 13.9 Å². The highest BCUT2D eigenvalue weighted by molar-refractivity contribution is 7.51. The van der Waals surface area contributed by atoms with Crippen molar-refractivity contribution in [3.8, 4) is 0 Å². The molecule has 0 aromatic rings. The summed E-state index contributed by atoms with van der Waals surface area (Å²) in [5.41, 5.74) is 0. The molecule has 1 unspecified atom stereocenters. The van der Waals surface area contributed by atoms with Crippen LogP contribution in [0.3, 0.4) is 0 Å². The smallest absolute Gasteiger partial charge is 0.324 e. The van der Waals surface area contributed by atoms with Gasteiger partial charge in [-0.15, -0.1) is 0 Å². The maximum Gasteiger partial charge on any atom is 0.331 e. The lowest BCUT2D eigenvalue weighted by Gasteiger charge is -2.28. The molecular weight excluding hydrogens is 203 g/mol. The van der Waals surface area contributed by atoms with Crippen molar-refractivity contribution in [1.29, 1.82) is 0 Å². The minimum absolute atomic E-state index is 0.0904. The molecule has 1 aliphatic heterocycles. The second-order valence-electron chi connectivity index (χ2n) is 3.55. The van der Waals surface area contributed by atoms with E-state index in [0.29, 0.717) is 17.6 Å². The summed E-state index contributed by atoms with van der Waals surface area (Å²) in [5, 5.41) is 0. The second kappa shape index (κ2) is 4.36. The number of nitrogens with zero attached hydrogens (tertiary/aromatic N) is 2. The third-order valence-corrected chi connectivity index (χ3v) is 3.11. The summed E-state index contributed by atoms with van der Waals surface area (Å²) in [6.45, 7) is 6.30. The van der Waals surface area contributed by atoms with Gasteiger partial charge in [-0.05, 0) is 6.08 Å². The van der Waals surface area contributed by atoms with Gasteiger partial charge in [0.25, 0.3) is 0 Å². The molecule has 0 saturated carbocycles. The first-order chi connectivity index (χ1) is 6.47. The molecule has 6 heteroatoms. The van der Waals surface area contributed by atoms with E-state index in [9.17, 15) is 4.57 Å². The van der Waals surface area contributed by atoms with Crippen LogP contribution in [0.4, 0.5) is 0 Å². The van der Waals surface area contributed by atoms with Gasteiger partial charge in [0.05, 0.1) is 19.3 Å². The molecule has 1 heterocycles. The van der Waals surface area contributed by atoms with Crippen LogP contribution in [0.2, 0.25) is 0 Å². The number of hydrogen-bond donors (Lipinski definition) is 2. The highest BCUT2D eigenvalue weighted by Gasteiger charge is 2.30. The molecule has 0 aromatic heterocycles. The summed E-state index contributed by atoms with van der Waals surface area (Å²) in [5.74, 6) is 0. The molecule has 0 saturated heterocycles. The molecule has 0 radical (unpaired) electrons. The molecule has 0 spiro atoms. The predicted octanol–water partition coefficient (Wildman–Crippen LogP) is 0.209. The first kappa shape index (κ1) is 11.6. The number of hydrogen-bond acceptors (Lipinski definition) is 2. The number of aliphatic imine (C=N–C) groups is 1. The van der Waals surface area contributed by atoms with Gasteiger partial charge in [-0.1, -0.05) is 6.58 Å². The molecular formula is C8H16N2O3P+. The fourth-order valence-electron chi connectivity index (χ4n) is 1.53. The molecule has 0 aliphatic carbocycles. The lowest BCUT2D eigenvalue weighted by atomic mass is 10.4. The Morgan fingerprint density at radius 2 is 2.36 bits per heavy atom. The van der Waals surface area contributed by atoms with Crippen LogP contribution in [0.1, 0.15) is 0 Å². The highest BCUT2D eigenvalue weighted by Crippen LogP contribution is 2.34. The minimum atomic E-state index is -3.90. The first-order valence-electron chi connectivity index (χ1n) is 4.50. The lowest BCUT2D eigenvalue weighted by molar-refractivity contribution is -0.819. The van der Waals surface area contributed by atoms with E-state index in [0.717, 1.165) is 13.1 Å². The topological polar surface area (TPSA) is 69.9 Å². The molecule has 1 rings (SSSR count). The van der Waals surface area contributed by atoms with Crippen LogP contribution in [0, 0.1) is 0 Å². The van der Waals surface area contributed by atoms with E-state index < -0.39 is 7.60 Å². The lowest BCUT2D eigenvalue weighted by Crippen LogP contribution is -2.47. The van der Waals surface area contributed by atoms with Crippen LogP contribution >= 0.6 is 7.60 Å².